The van der Waals surface area contributed by atoms with Gasteiger partial charge in [-0.15, -0.1) is 0 Å². The lowest BCUT2D eigenvalue weighted by molar-refractivity contribution is 0.0983. The molecule has 0 aliphatic rings. The van der Waals surface area contributed by atoms with E-state index < -0.39 is 0 Å². The number of benzene rings is 1. The first-order chi connectivity index (χ1) is 8.68. The van der Waals surface area contributed by atoms with E-state index in [4.69, 9.17) is 23.2 Å². The van der Waals surface area contributed by atoms with Crippen LogP contribution in [0.3, 0.4) is 0 Å². The Morgan fingerprint density at radius 2 is 2.00 bits per heavy atom. The van der Waals surface area contributed by atoms with Crippen LogP contribution in [-0.2, 0) is 6.42 Å². The molecule has 0 aliphatic heterocycles. The van der Waals surface area contributed by atoms with Gasteiger partial charge in [0.15, 0.2) is 5.78 Å². The van der Waals surface area contributed by atoms with Crippen molar-refractivity contribution in [1.82, 2.24) is 4.98 Å². The highest BCUT2D eigenvalue weighted by Crippen LogP contribution is 2.26. The maximum atomic E-state index is 12.0. The fourth-order valence-corrected chi connectivity index (χ4v) is 2.06. The third kappa shape index (κ3) is 3.09. The zero-order valence-electron chi connectivity index (χ0n) is 9.57. The maximum Gasteiger partial charge on any atom is 0.164 e. The summed E-state index contributed by atoms with van der Waals surface area (Å²) in [4.78, 5) is 16.0. The lowest BCUT2D eigenvalue weighted by Gasteiger charge is -2.04. The number of ketones is 1. The average Bonchev–Trinajstić information content (AvgIpc) is 2.40. The molecule has 0 saturated heterocycles. The summed E-state index contributed by atoms with van der Waals surface area (Å²) in [6, 6.07) is 8.89. The number of aryl methyl sites for hydroxylation is 1. The quantitative estimate of drug-likeness (QED) is 0.785. The van der Waals surface area contributed by atoms with Gasteiger partial charge in [-0.1, -0.05) is 35.3 Å². The van der Waals surface area contributed by atoms with Crippen molar-refractivity contribution in [2.75, 3.05) is 0 Å². The minimum Gasteiger partial charge on any atom is -0.294 e. The number of hydrogen-bond acceptors (Lipinski definition) is 2. The normalized spacial score (nSPS) is 10.3. The molecule has 0 bridgehead atoms. The first kappa shape index (κ1) is 13.1. The fourth-order valence-electron chi connectivity index (χ4n) is 1.66. The standard InChI is InChI=1S/C14H11Cl2NO/c15-12-5-1-4-11(14(12)16)13(18)7-6-10-3-2-8-17-9-10/h1-5,8-9H,6-7H2. The van der Waals surface area contributed by atoms with Crippen LogP contribution >= 0.6 is 23.2 Å². The zero-order valence-corrected chi connectivity index (χ0v) is 11.1. The summed E-state index contributed by atoms with van der Waals surface area (Å²) in [5, 5.41) is 0.735. The van der Waals surface area contributed by atoms with Crippen molar-refractivity contribution in [3.63, 3.8) is 0 Å². The summed E-state index contributed by atoms with van der Waals surface area (Å²) in [6.45, 7) is 0. The van der Waals surface area contributed by atoms with Gasteiger partial charge >= 0.3 is 0 Å². The second kappa shape index (κ2) is 5.98. The summed E-state index contributed by atoms with van der Waals surface area (Å²) in [5.41, 5.74) is 1.51. The SMILES string of the molecule is O=C(CCc1cccnc1)c1cccc(Cl)c1Cl. The predicted molar refractivity (Wildman–Crippen MR) is 73.4 cm³/mol. The minimum atomic E-state index is -0.00801. The van der Waals surface area contributed by atoms with E-state index in [1.165, 1.54) is 0 Å². The summed E-state index contributed by atoms with van der Waals surface area (Å²) in [7, 11) is 0. The van der Waals surface area contributed by atoms with Crippen LogP contribution < -0.4 is 0 Å². The van der Waals surface area contributed by atoms with Gasteiger partial charge in [0.25, 0.3) is 0 Å². The highest BCUT2D eigenvalue weighted by molar-refractivity contribution is 6.43. The monoisotopic (exact) mass is 279 g/mol. The highest BCUT2D eigenvalue weighted by Gasteiger charge is 2.12. The van der Waals surface area contributed by atoms with Crippen LogP contribution in [-0.4, -0.2) is 10.8 Å². The first-order valence-corrected chi connectivity index (χ1v) is 6.30. The van der Waals surface area contributed by atoms with Crippen molar-refractivity contribution < 1.29 is 4.79 Å². The molecule has 0 unspecified atom stereocenters. The number of carbonyl (C=O) groups excluding carboxylic acids is 1. The number of carbonyl (C=O) groups is 1. The topological polar surface area (TPSA) is 30.0 Å². The average molecular weight is 280 g/mol. The lowest BCUT2D eigenvalue weighted by atomic mass is 10.0. The molecular weight excluding hydrogens is 269 g/mol. The molecular formula is C14H11Cl2NO. The number of rotatable bonds is 4. The minimum absolute atomic E-state index is 0.00801. The summed E-state index contributed by atoms with van der Waals surface area (Å²) in [6.07, 6.45) is 4.51. The Kier molecular flexibility index (Phi) is 4.34. The Hall–Kier alpha value is -1.38. The fraction of sp³-hybridized carbons (Fsp3) is 0.143. The van der Waals surface area contributed by atoms with Crippen LogP contribution in [0.1, 0.15) is 22.3 Å². The predicted octanol–water partition coefficient (Wildman–Crippen LogP) is 4.20. The van der Waals surface area contributed by atoms with Crippen LogP contribution in [0.5, 0.6) is 0 Å². The van der Waals surface area contributed by atoms with E-state index in [0.29, 0.717) is 28.5 Å². The van der Waals surface area contributed by atoms with Crippen molar-refractivity contribution in [2.45, 2.75) is 12.8 Å². The molecule has 0 aliphatic carbocycles. The van der Waals surface area contributed by atoms with Gasteiger partial charge < -0.3 is 0 Å². The summed E-state index contributed by atoms with van der Waals surface area (Å²) in [5.74, 6) is -0.00801. The van der Waals surface area contributed by atoms with Gasteiger partial charge in [0.2, 0.25) is 0 Å². The van der Waals surface area contributed by atoms with Crippen molar-refractivity contribution in [2.24, 2.45) is 0 Å². The van der Waals surface area contributed by atoms with Crippen molar-refractivity contribution in [3.05, 3.63) is 63.9 Å². The Labute approximate surface area is 116 Å². The molecule has 0 atom stereocenters. The van der Waals surface area contributed by atoms with E-state index in [2.05, 4.69) is 4.98 Å². The van der Waals surface area contributed by atoms with Crippen LogP contribution in [0, 0.1) is 0 Å². The number of Topliss-reactive ketones (excluding diaryl/α,β-unsaturated/α-hetero) is 1. The molecule has 18 heavy (non-hydrogen) atoms. The highest BCUT2D eigenvalue weighted by atomic mass is 35.5. The first-order valence-electron chi connectivity index (χ1n) is 5.54. The second-order valence-corrected chi connectivity index (χ2v) is 4.67. The molecule has 1 heterocycles. The van der Waals surface area contributed by atoms with Crippen LogP contribution in [0.25, 0.3) is 0 Å². The van der Waals surface area contributed by atoms with Gasteiger partial charge in [-0.25, -0.2) is 0 Å². The van der Waals surface area contributed by atoms with E-state index in [1.807, 2.05) is 12.1 Å². The molecule has 92 valence electrons. The van der Waals surface area contributed by atoms with Crippen LogP contribution in [0.2, 0.25) is 10.0 Å². The van der Waals surface area contributed by atoms with Gasteiger partial charge in [0.05, 0.1) is 10.0 Å². The molecule has 1 aromatic heterocycles. The third-order valence-corrected chi connectivity index (χ3v) is 3.43. The molecule has 2 aromatic rings. The van der Waals surface area contributed by atoms with Gasteiger partial charge in [0, 0.05) is 24.4 Å². The molecule has 1 aromatic carbocycles. The van der Waals surface area contributed by atoms with E-state index in [-0.39, 0.29) is 5.78 Å². The Morgan fingerprint density at radius 1 is 1.17 bits per heavy atom. The van der Waals surface area contributed by atoms with Gasteiger partial charge in [-0.3, -0.25) is 9.78 Å². The van der Waals surface area contributed by atoms with Crippen LogP contribution in [0.4, 0.5) is 0 Å². The third-order valence-electron chi connectivity index (χ3n) is 2.62. The molecule has 0 radical (unpaired) electrons. The van der Waals surface area contributed by atoms with Crippen molar-refractivity contribution >= 4 is 29.0 Å². The maximum absolute atomic E-state index is 12.0. The Morgan fingerprint density at radius 3 is 2.72 bits per heavy atom. The summed E-state index contributed by atoms with van der Waals surface area (Å²) >= 11 is 11.9. The Balaban J connectivity index is 2.07. The smallest absolute Gasteiger partial charge is 0.164 e. The number of pyridine rings is 1. The molecule has 0 saturated carbocycles. The molecule has 2 nitrogen and oxygen atoms in total. The van der Waals surface area contributed by atoms with E-state index in [9.17, 15) is 4.79 Å². The molecule has 0 N–H and O–H groups in total. The lowest BCUT2D eigenvalue weighted by Crippen LogP contribution is -2.02. The molecule has 2 rings (SSSR count). The number of nitrogens with zero attached hydrogens (tertiary/aromatic N) is 1. The second-order valence-electron chi connectivity index (χ2n) is 3.89. The van der Waals surface area contributed by atoms with E-state index >= 15 is 0 Å². The van der Waals surface area contributed by atoms with Gasteiger partial charge in [-0.2, -0.15) is 0 Å². The van der Waals surface area contributed by atoms with Crippen LogP contribution in [0.15, 0.2) is 42.7 Å². The van der Waals surface area contributed by atoms with Gasteiger partial charge in [0.1, 0.15) is 0 Å². The summed E-state index contributed by atoms with van der Waals surface area (Å²) < 4.78 is 0. The number of hydrogen-bond donors (Lipinski definition) is 0. The Bertz CT molecular complexity index is 555. The van der Waals surface area contributed by atoms with E-state index in [1.54, 1.807) is 30.6 Å². The molecule has 4 heteroatoms. The van der Waals surface area contributed by atoms with Crippen molar-refractivity contribution in [1.29, 1.82) is 0 Å². The number of aromatic nitrogens is 1. The number of halogens is 2. The van der Waals surface area contributed by atoms with E-state index in [0.717, 1.165) is 5.56 Å². The van der Waals surface area contributed by atoms with Gasteiger partial charge in [-0.05, 0) is 30.2 Å². The largest absolute Gasteiger partial charge is 0.294 e. The molecule has 0 amide bonds. The zero-order chi connectivity index (χ0) is 13.0. The molecule has 0 fully saturated rings. The molecule has 0 spiro atoms. The van der Waals surface area contributed by atoms with Crippen molar-refractivity contribution in [3.8, 4) is 0 Å².